The number of rotatable bonds is 82. The fraction of sp³-hybridized carbons (Fsp3) is 0.953. The Morgan fingerprint density at radius 2 is 0.462 bits per heavy atom. The molecule has 0 spiro atoms. The summed E-state index contributed by atoms with van der Waals surface area (Å²) in [6.45, 7) is 14.3. The Morgan fingerprint density at radius 1 is 0.269 bits per heavy atom. The number of ether oxygens (including phenoxy) is 4. The van der Waals surface area contributed by atoms with Crippen molar-refractivity contribution >= 4 is 39.5 Å². The van der Waals surface area contributed by atoms with Crippen LogP contribution in [0.3, 0.4) is 0 Å². The van der Waals surface area contributed by atoms with Crippen LogP contribution < -0.4 is 0 Å². The van der Waals surface area contributed by atoms with Gasteiger partial charge in [0.1, 0.15) is 19.3 Å². The SMILES string of the molecule is CCC(C)CCCCCCCCCCCCCCCCCCCCC(=O)O[C@H](COC(=O)CCCCCCCCCCCCCC(C)C)COP(=O)(O)OCC(O)COP(=O)(O)OC[C@@H](COC(=O)CCCCCCCCC(C)C)OC(=O)CCCCCCCCCCCCCCCCCCC(C)C. The summed E-state index contributed by atoms with van der Waals surface area (Å²) in [7, 11) is -9.93. The number of unbranched alkanes of at least 4 members (excludes halogenated alkanes) is 47. The van der Waals surface area contributed by atoms with Gasteiger partial charge in [-0.25, -0.2) is 9.13 Å². The van der Waals surface area contributed by atoms with E-state index in [0.29, 0.717) is 31.6 Å². The number of aliphatic hydroxyl groups is 1. The molecule has 104 heavy (non-hydrogen) atoms. The molecule has 0 aliphatic heterocycles. The minimum atomic E-state index is -4.96. The summed E-state index contributed by atoms with van der Waals surface area (Å²) in [6.07, 6.45) is 62.7. The quantitative estimate of drug-likeness (QED) is 0.0222. The first-order chi connectivity index (χ1) is 50.1. The van der Waals surface area contributed by atoms with E-state index in [1.165, 1.54) is 238 Å². The van der Waals surface area contributed by atoms with E-state index in [2.05, 4.69) is 55.4 Å². The van der Waals surface area contributed by atoms with Crippen LogP contribution in [0.5, 0.6) is 0 Å². The standard InChI is InChI=1S/C85H166O17P2/c1-9-78(8)64-56-48-39-33-27-21-17-12-10-11-13-18-22-28-35-41-51-59-67-84(89)101-80(71-95-82(87)65-57-49-40-34-30-24-26-32-38-46-54-62-76(4)5)73-99-103(91,92)97-69-79(86)70-98-104(93,94)100-74-81(72-96-83(88)66-58-50-44-43-47-55-63-77(6)7)102-85(90)68-60-52-42-36-29-23-19-15-14-16-20-25-31-37-45-53-61-75(2)3/h75-81,86H,9-74H2,1-8H3,(H,91,92)(H,93,94)/t78?,79?,80-,81-/m1/s1. The Balaban J connectivity index is 5.19. The van der Waals surface area contributed by atoms with Crippen molar-refractivity contribution in [2.75, 3.05) is 39.6 Å². The van der Waals surface area contributed by atoms with Crippen LogP contribution in [0.4, 0.5) is 0 Å². The molecule has 4 unspecified atom stereocenters. The van der Waals surface area contributed by atoms with Gasteiger partial charge in [-0.1, -0.05) is 389 Å². The summed E-state index contributed by atoms with van der Waals surface area (Å²) < 4.78 is 68.8. The summed E-state index contributed by atoms with van der Waals surface area (Å²) >= 11 is 0. The zero-order chi connectivity index (χ0) is 76.7. The number of phosphoric ester groups is 2. The Morgan fingerprint density at radius 3 is 0.683 bits per heavy atom. The molecular weight excluding hydrogens is 1350 g/mol. The van der Waals surface area contributed by atoms with Crippen molar-refractivity contribution in [3.8, 4) is 0 Å². The van der Waals surface area contributed by atoms with E-state index in [1.807, 2.05) is 0 Å². The van der Waals surface area contributed by atoms with E-state index in [4.69, 9.17) is 37.0 Å². The van der Waals surface area contributed by atoms with Crippen molar-refractivity contribution < 1.29 is 80.2 Å². The van der Waals surface area contributed by atoms with Gasteiger partial charge in [0.15, 0.2) is 12.2 Å². The fourth-order valence-corrected chi connectivity index (χ4v) is 14.7. The number of aliphatic hydroxyl groups excluding tert-OH is 1. The highest BCUT2D eigenvalue weighted by atomic mass is 31.2. The topological polar surface area (TPSA) is 237 Å². The first-order valence-electron chi connectivity index (χ1n) is 43.7. The third-order valence-corrected chi connectivity index (χ3v) is 22.1. The molecule has 0 aromatic carbocycles. The van der Waals surface area contributed by atoms with Crippen LogP contribution in [-0.4, -0.2) is 96.7 Å². The second-order valence-electron chi connectivity index (χ2n) is 32.2. The molecule has 17 nitrogen and oxygen atoms in total. The molecule has 0 fully saturated rings. The maximum Gasteiger partial charge on any atom is 0.472 e. The van der Waals surface area contributed by atoms with Crippen LogP contribution in [-0.2, 0) is 65.4 Å². The van der Waals surface area contributed by atoms with Crippen molar-refractivity contribution in [3.05, 3.63) is 0 Å². The Kier molecular flexibility index (Phi) is 72.5. The van der Waals surface area contributed by atoms with E-state index in [9.17, 15) is 43.2 Å². The zero-order valence-corrected chi connectivity index (χ0v) is 70.5. The molecule has 0 saturated carbocycles. The van der Waals surface area contributed by atoms with Gasteiger partial charge in [-0.15, -0.1) is 0 Å². The van der Waals surface area contributed by atoms with Crippen LogP contribution in [0.25, 0.3) is 0 Å². The Hall–Kier alpha value is -1.94. The predicted molar refractivity (Wildman–Crippen MR) is 428 cm³/mol. The number of phosphoric acid groups is 2. The summed E-state index contributed by atoms with van der Waals surface area (Å²) in [5.41, 5.74) is 0. The fourth-order valence-electron chi connectivity index (χ4n) is 13.1. The van der Waals surface area contributed by atoms with E-state index in [-0.39, 0.29) is 25.7 Å². The second-order valence-corrected chi connectivity index (χ2v) is 35.2. The van der Waals surface area contributed by atoms with Crippen LogP contribution in [0.15, 0.2) is 0 Å². The number of hydrogen-bond acceptors (Lipinski definition) is 15. The molecule has 0 aliphatic rings. The van der Waals surface area contributed by atoms with Crippen LogP contribution in [0.1, 0.15) is 441 Å². The van der Waals surface area contributed by atoms with Gasteiger partial charge in [-0.05, 0) is 49.4 Å². The van der Waals surface area contributed by atoms with Crippen molar-refractivity contribution in [1.82, 2.24) is 0 Å². The van der Waals surface area contributed by atoms with Gasteiger partial charge >= 0.3 is 39.5 Å². The number of carbonyl (C=O) groups excluding carboxylic acids is 4. The molecule has 0 saturated heterocycles. The molecule has 6 atom stereocenters. The van der Waals surface area contributed by atoms with E-state index in [0.717, 1.165) is 114 Å². The molecule has 3 N–H and O–H groups in total. The lowest BCUT2D eigenvalue weighted by atomic mass is 9.99. The molecular formula is C85H166O17P2. The predicted octanol–water partition coefficient (Wildman–Crippen LogP) is 25.6. The molecule has 618 valence electrons. The maximum atomic E-state index is 13.1. The molecule has 0 bridgehead atoms. The summed E-state index contributed by atoms with van der Waals surface area (Å²) in [4.78, 5) is 73.1. The monoisotopic (exact) mass is 1520 g/mol. The lowest BCUT2D eigenvalue weighted by Gasteiger charge is -2.21. The first-order valence-corrected chi connectivity index (χ1v) is 46.7. The summed E-state index contributed by atoms with van der Waals surface area (Å²) in [6, 6.07) is 0. The van der Waals surface area contributed by atoms with Gasteiger partial charge in [0.2, 0.25) is 0 Å². The highest BCUT2D eigenvalue weighted by Crippen LogP contribution is 2.45. The van der Waals surface area contributed by atoms with E-state index in [1.54, 1.807) is 0 Å². The Bertz CT molecular complexity index is 2030. The highest BCUT2D eigenvalue weighted by molar-refractivity contribution is 7.47. The second kappa shape index (κ2) is 73.8. The third-order valence-electron chi connectivity index (χ3n) is 20.2. The van der Waals surface area contributed by atoms with E-state index < -0.39 is 97.5 Å². The number of carbonyl (C=O) groups is 4. The molecule has 19 heteroatoms. The van der Waals surface area contributed by atoms with Gasteiger partial charge < -0.3 is 33.8 Å². The average Bonchev–Trinajstić information content (AvgIpc) is 0.904. The van der Waals surface area contributed by atoms with Gasteiger partial charge in [0.05, 0.1) is 26.4 Å². The molecule has 0 aliphatic carbocycles. The van der Waals surface area contributed by atoms with Crippen molar-refractivity contribution in [1.29, 1.82) is 0 Å². The van der Waals surface area contributed by atoms with Crippen molar-refractivity contribution in [2.45, 2.75) is 459 Å². The molecule has 0 aromatic rings. The Labute approximate surface area is 638 Å². The third kappa shape index (κ3) is 76.8. The van der Waals surface area contributed by atoms with Crippen LogP contribution >= 0.6 is 15.6 Å². The maximum absolute atomic E-state index is 13.1. The zero-order valence-electron chi connectivity index (χ0n) is 68.7. The lowest BCUT2D eigenvalue weighted by Crippen LogP contribution is -2.30. The van der Waals surface area contributed by atoms with Crippen molar-refractivity contribution in [3.63, 3.8) is 0 Å². The molecule has 0 amide bonds. The molecule has 0 aromatic heterocycles. The number of hydrogen-bond donors (Lipinski definition) is 3. The molecule has 0 rings (SSSR count). The average molecular weight is 1520 g/mol. The first kappa shape index (κ1) is 102. The minimum absolute atomic E-state index is 0.107. The van der Waals surface area contributed by atoms with E-state index >= 15 is 0 Å². The number of esters is 4. The van der Waals surface area contributed by atoms with Crippen molar-refractivity contribution in [2.24, 2.45) is 23.7 Å². The highest BCUT2D eigenvalue weighted by Gasteiger charge is 2.30. The minimum Gasteiger partial charge on any atom is -0.462 e. The molecule has 0 heterocycles. The van der Waals surface area contributed by atoms with Gasteiger partial charge in [0, 0.05) is 25.7 Å². The van der Waals surface area contributed by atoms with Gasteiger partial charge in [-0.3, -0.25) is 37.3 Å². The van der Waals surface area contributed by atoms with Gasteiger partial charge in [-0.2, -0.15) is 0 Å². The molecule has 0 radical (unpaired) electrons. The summed E-state index contributed by atoms with van der Waals surface area (Å²) in [5.74, 6) is 1.02. The van der Waals surface area contributed by atoms with Crippen LogP contribution in [0, 0.1) is 23.7 Å². The smallest absolute Gasteiger partial charge is 0.462 e. The van der Waals surface area contributed by atoms with Gasteiger partial charge in [0.25, 0.3) is 0 Å². The summed E-state index contributed by atoms with van der Waals surface area (Å²) in [5, 5.41) is 10.7. The normalized spacial score (nSPS) is 14.2. The van der Waals surface area contributed by atoms with Crippen LogP contribution in [0.2, 0.25) is 0 Å². The lowest BCUT2D eigenvalue weighted by molar-refractivity contribution is -0.161. The largest absolute Gasteiger partial charge is 0.472 e.